The molecular formula is C19H41N. The number of rotatable bonds is 12. The molecule has 0 aromatic heterocycles. The zero-order valence-corrected chi connectivity index (χ0v) is 15.2. The highest BCUT2D eigenvalue weighted by atomic mass is 14.9. The van der Waals surface area contributed by atoms with E-state index in [2.05, 4.69) is 47.0 Å². The van der Waals surface area contributed by atoms with Crippen LogP contribution in [-0.2, 0) is 0 Å². The highest BCUT2D eigenvalue weighted by Crippen LogP contribution is 2.27. The lowest BCUT2D eigenvalue weighted by molar-refractivity contribution is 0.272. The van der Waals surface area contributed by atoms with Gasteiger partial charge in [-0.15, -0.1) is 0 Å². The van der Waals surface area contributed by atoms with Crippen LogP contribution >= 0.6 is 0 Å². The van der Waals surface area contributed by atoms with Crippen LogP contribution in [0.2, 0.25) is 0 Å². The summed E-state index contributed by atoms with van der Waals surface area (Å²) in [5.74, 6) is 0.831. The van der Waals surface area contributed by atoms with Crippen molar-refractivity contribution >= 4 is 0 Å². The second-order valence-corrected chi connectivity index (χ2v) is 8.00. The number of unbranched alkanes of at least 4 members (excludes halogenated alkanes) is 6. The maximum absolute atomic E-state index is 3.53. The van der Waals surface area contributed by atoms with Crippen molar-refractivity contribution in [2.45, 2.75) is 105 Å². The Hall–Kier alpha value is -0.0400. The molecule has 0 saturated carbocycles. The molecule has 0 spiro atoms. The first-order chi connectivity index (χ1) is 9.39. The molecule has 0 aliphatic rings. The van der Waals surface area contributed by atoms with E-state index in [1.807, 2.05) is 0 Å². The number of nitrogens with one attached hydrogen (secondary N) is 1. The molecular weight excluding hydrogens is 242 g/mol. The molecule has 0 aromatic carbocycles. The summed E-state index contributed by atoms with van der Waals surface area (Å²) in [7, 11) is 2.13. The van der Waals surface area contributed by atoms with Crippen LogP contribution in [-0.4, -0.2) is 13.1 Å². The van der Waals surface area contributed by atoms with Gasteiger partial charge in [-0.05, 0) is 37.6 Å². The van der Waals surface area contributed by atoms with Gasteiger partial charge in [0.25, 0.3) is 0 Å². The largest absolute Gasteiger partial charge is 0.317 e. The third-order valence-corrected chi connectivity index (χ3v) is 4.21. The van der Waals surface area contributed by atoms with Gasteiger partial charge in [-0.2, -0.15) is 0 Å². The van der Waals surface area contributed by atoms with Gasteiger partial charge in [0.2, 0.25) is 0 Å². The van der Waals surface area contributed by atoms with E-state index in [0.717, 1.165) is 12.0 Å². The summed E-state index contributed by atoms with van der Waals surface area (Å²) in [5, 5.41) is 3.53. The lowest BCUT2D eigenvalue weighted by Gasteiger charge is -2.26. The molecule has 0 aromatic rings. The summed E-state index contributed by atoms with van der Waals surface area (Å²) in [4.78, 5) is 0. The smallest absolute Gasteiger partial charge is 0.00666 e. The average Bonchev–Trinajstić information content (AvgIpc) is 2.34. The third kappa shape index (κ3) is 13.0. The zero-order chi connectivity index (χ0) is 15.4. The van der Waals surface area contributed by atoms with Gasteiger partial charge < -0.3 is 5.32 Å². The molecule has 20 heavy (non-hydrogen) atoms. The molecule has 2 unspecified atom stereocenters. The molecule has 0 heterocycles. The molecule has 0 aliphatic carbocycles. The first-order valence-corrected chi connectivity index (χ1v) is 9.06. The Bertz CT molecular complexity index is 204. The normalized spacial score (nSPS) is 15.3. The summed E-state index contributed by atoms with van der Waals surface area (Å²) >= 11 is 0. The van der Waals surface area contributed by atoms with Crippen LogP contribution in [0.4, 0.5) is 0 Å². The maximum atomic E-state index is 3.53. The van der Waals surface area contributed by atoms with Crippen molar-refractivity contribution < 1.29 is 0 Å². The Morgan fingerprint density at radius 1 is 0.900 bits per heavy atom. The van der Waals surface area contributed by atoms with Crippen molar-refractivity contribution in [1.29, 1.82) is 0 Å². The molecule has 0 bridgehead atoms. The van der Waals surface area contributed by atoms with E-state index in [9.17, 15) is 0 Å². The van der Waals surface area contributed by atoms with Crippen molar-refractivity contribution in [3.63, 3.8) is 0 Å². The number of hydrogen-bond acceptors (Lipinski definition) is 1. The van der Waals surface area contributed by atoms with E-state index < -0.39 is 0 Å². The Balaban J connectivity index is 3.66. The molecule has 0 rings (SSSR count). The summed E-state index contributed by atoms with van der Waals surface area (Å²) in [6, 6.07) is 0.725. The lowest BCUT2D eigenvalue weighted by Crippen LogP contribution is -2.28. The van der Waals surface area contributed by atoms with Gasteiger partial charge in [0.1, 0.15) is 0 Å². The van der Waals surface area contributed by atoms with Gasteiger partial charge in [0.05, 0.1) is 0 Å². The zero-order valence-electron chi connectivity index (χ0n) is 15.2. The van der Waals surface area contributed by atoms with Crippen LogP contribution in [0.25, 0.3) is 0 Å². The number of hydrogen-bond donors (Lipinski definition) is 1. The van der Waals surface area contributed by atoms with Gasteiger partial charge >= 0.3 is 0 Å². The van der Waals surface area contributed by atoms with Crippen molar-refractivity contribution in [2.75, 3.05) is 7.05 Å². The van der Waals surface area contributed by atoms with E-state index in [1.54, 1.807) is 0 Å². The monoisotopic (exact) mass is 283 g/mol. The summed E-state index contributed by atoms with van der Waals surface area (Å²) in [6.45, 7) is 11.8. The van der Waals surface area contributed by atoms with E-state index in [4.69, 9.17) is 0 Å². The van der Waals surface area contributed by atoms with Crippen molar-refractivity contribution in [1.82, 2.24) is 5.32 Å². The van der Waals surface area contributed by atoms with Gasteiger partial charge in [0, 0.05) is 6.04 Å². The topological polar surface area (TPSA) is 12.0 Å². The highest BCUT2D eigenvalue weighted by molar-refractivity contribution is 4.73. The van der Waals surface area contributed by atoms with Crippen LogP contribution in [0.3, 0.4) is 0 Å². The van der Waals surface area contributed by atoms with Crippen LogP contribution < -0.4 is 5.32 Å². The molecule has 0 fully saturated rings. The first kappa shape index (κ1) is 20.0. The molecule has 1 N–H and O–H groups in total. The average molecular weight is 284 g/mol. The van der Waals surface area contributed by atoms with Crippen molar-refractivity contribution in [3.8, 4) is 0 Å². The van der Waals surface area contributed by atoms with Crippen LogP contribution in [0.1, 0.15) is 98.8 Å². The van der Waals surface area contributed by atoms with Crippen LogP contribution in [0.5, 0.6) is 0 Å². The van der Waals surface area contributed by atoms with Crippen molar-refractivity contribution in [2.24, 2.45) is 11.3 Å². The first-order valence-electron chi connectivity index (χ1n) is 9.06. The minimum absolute atomic E-state index is 0.469. The fourth-order valence-electron chi connectivity index (χ4n) is 3.34. The highest BCUT2D eigenvalue weighted by Gasteiger charge is 2.18. The predicted octanol–water partition coefficient (Wildman–Crippen LogP) is 6.18. The predicted molar refractivity (Wildman–Crippen MR) is 93.3 cm³/mol. The fourth-order valence-corrected chi connectivity index (χ4v) is 3.34. The van der Waals surface area contributed by atoms with Gasteiger partial charge in [-0.1, -0.05) is 79.6 Å². The molecule has 2 atom stereocenters. The maximum Gasteiger partial charge on any atom is 0.00666 e. The van der Waals surface area contributed by atoms with Crippen molar-refractivity contribution in [3.05, 3.63) is 0 Å². The Labute approximate surface area is 129 Å². The van der Waals surface area contributed by atoms with E-state index in [0.29, 0.717) is 5.41 Å². The molecule has 1 heteroatoms. The standard InChI is InChI=1S/C19H41N/c1-7-8-9-10-11-12-13-14-18(20-6)15-17(2)16-19(3,4)5/h17-18,20H,7-16H2,1-6H3. The van der Waals surface area contributed by atoms with Crippen LogP contribution in [0.15, 0.2) is 0 Å². The molecule has 0 radical (unpaired) electrons. The van der Waals surface area contributed by atoms with Gasteiger partial charge in [-0.25, -0.2) is 0 Å². The SMILES string of the molecule is CCCCCCCCCC(CC(C)CC(C)(C)C)NC. The Morgan fingerprint density at radius 3 is 1.95 bits per heavy atom. The second kappa shape index (κ2) is 11.6. The van der Waals surface area contributed by atoms with Gasteiger partial charge in [0.15, 0.2) is 0 Å². The third-order valence-electron chi connectivity index (χ3n) is 4.21. The van der Waals surface area contributed by atoms with Gasteiger partial charge in [-0.3, -0.25) is 0 Å². The second-order valence-electron chi connectivity index (χ2n) is 8.00. The molecule has 0 saturated heterocycles. The van der Waals surface area contributed by atoms with E-state index >= 15 is 0 Å². The molecule has 0 aliphatic heterocycles. The fraction of sp³-hybridized carbons (Fsp3) is 1.00. The molecule has 1 nitrogen and oxygen atoms in total. The summed E-state index contributed by atoms with van der Waals surface area (Å²) in [5.41, 5.74) is 0.469. The van der Waals surface area contributed by atoms with Crippen LogP contribution in [0, 0.1) is 11.3 Å². The molecule has 122 valence electrons. The quantitative estimate of drug-likeness (QED) is 0.422. The molecule has 0 amide bonds. The van der Waals surface area contributed by atoms with E-state index in [-0.39, 0.29) is 0 Å². The summed E-state index contributed by atoms with van der Waals surface area (Å²) in [6.07, 6.45) is 14.0. The lowest BCUT2D eigenvalue weighted by atomic mass is 9.82. The minimum Gasteiger partial charge on any atom is -0.317 e. The minimum atomic E-state index is 0.469. The summed E-state index contributed by atoms with van der Waals surface area (Å²) < 4.78 is 0. The Kier molecular flexibility index (Phi) is 11.6. The van der Waals surface area contributed by atoms with E-state index in [1.165, 1.54) is 64.2 Å². The Morgan fingerprint density at radius 2 is 1.45 bits per heavy atom.